The first-order valence-electron chi connectivity index (χ1n) is 7.35. The van der Waals surface area contributed by atoms with Gasteiger partial charge in [-0.15, -0.1) is 0 Å². The van der Waals surface area contributed by atoms with Crippen molar-refractivity contribution < 1.29 is 9.18 Å². The van der Waals surface area contributed by atoms with E-state index in [0.717, 1.165) is 5.69 Å². The highest BCUT2D eigenvalue weighted by Crippen LogP contribution is 2.25. The van der Waals surface area contributed by atoms with Gasteiger partial charge in [0.15, 0.2) is 0 Å². The zero-order chi connectivity index (χ0) is 17.3. The number of hydrogen-bond acceptors (Lipinski definition) is 2. The molecular formula is C18H15ClFN3O. The van der Waals surface area contributed by atoms with E-state index < -0.39 is 5.91 Å². The molecule has 6 heteroatoms. The van der Waals surface area contributed by atoms with Gasteiger partial charge in [0.25, 0.3) is 5.91 Å². The van der Waals surface area contributed by atoms with Gasteiger partial charge < -0.3 is 5.32 Å². The van der Waals surface area contributed by atoms with Crippen LogP contribution in [0.2, 0.25) is 5.15 Å². The molecule has 0 radical (unpaired) electrons. The van der Waals surface area contributed by atoms with Crippen molar-refractivity contribution in [2.24, 2.45) is 0 Å². The standard InChI is InChI=1S/C18H15ClFN3O/c1-11-8-9-13(10-15(11)20)21-18(24)16-12(2)22-23(17(16)19)14-6-4-3-5-7-14/h3-10H,1-2H3,(H,21,24). The summed E-state index contributed by atoms with van der Waals surface area (Å²) in [5.74, 6) is -0.807. The fraction of sp³-hybridized carbons (Fsp3) is 0.111. The molecule has 24 heavy (non-hydrogen) atoms. The van der Waals surface area contributed by atoms with Gasteiger partial charge in [0.2, 0.25) is 0 Å². The summed E-state index contributed by atoms with van der Waals surface area (Å²) in [5, 5.41) is 7.19. The Hall–Kier alpha value is -2.66. The summed E-state index contributed by atoms with van der Waals surface area (Å²) in [5.41, 5.74) is 2.40. The van der Waals surface area contributed by atoms with Crippen LogP contribution >= 0.6 is 11.6 Å². The van der Waals surface area contributed by atoms with Gasteiger partial charge in [-0.2, -0.15) is 5.10 Å². The predicted molar refractivity (Wildman–Crippen MR) is 92.4 cm³/mol. The van der Waals surface area contributed by atoms with Crippen LogP contribution in [0.25, 0.3) is 5.69 Å². The summed E-state index contributed by atoms with van der Waals surface area (Å²) < 4.78 is 15.1. The Morgan fingerprint density at radius 1 is 1.17 bits per heavy atom. The Labute approximate surface area is 143 Å². The molecule has 0 unspecified atom stereocenters. The van der Waals surface area contributed by atoms with E-state index in [1.54, 1.807) is 26.0 Å². The quantitative estimate of drug-likeness (QED) is 0.759. The third-order valence-corrected chi connectivity index (χ3v) is 4.01. The molecule has 0 saturated heterocycles. The van der Waals surface area contributed by atoms with E-state index in [2.05, 4.69) is 10.4 Å². The zero-order valence-electron chi connectivity index (χ0n) is 13.2. The molecule has 3 aromatic rings. The van der Waals surface area contributed by atoms with Crippen LogP contribution in [0.5, 0.6) is 0 Å². The Balaban J connectivity index is 1.93. The van der Waals surface area contributed by atoms with E-state index in [-0.39, 0.29) is 16.5 Å². The van der Waals surface area contributed by atoms with E-state index >= 15 is 0 Å². The second-order valence-corrected chi connectivity index (χ2v) is 5.77. The van der Waals surface area contributed by atoms with Gasteiger partial charge in [-0.1, -0.05) is 35.9 Å². The fourth-order valence-electron chi connectivity index (χ4n) is 2.36. The number of halogens is 2. The average Bonchev–Trinajstić information content (AvgIpc) is 2.86. The number of aromatic nitrogens is 2. The molecule has 1 heterocycles. The Bertz CT molecular complexity index is 906. The summed E-state index contributed by atoms with van der Waals surface area (Å²) in [6, 6.07) is 13.8. The van der Waals surface area contributed by atoms with Gasteiger partial charge in [-0.25, -0.2) is 9.07 Å². The SMILES string of the molecule is Cc1ccc(NC(=O)c2c(C)nn(-c3ccccc3)c2Cl)cc1F. The maximum Gasteiger partial charge on any atom is 0.260 e. The van der Waals surface area contributed by atoms with E-state index in [1.165, 1.54) is 10.7 Å². The Morgan fingerprint density at radius 3 is 2.54 bits per heavy atom. The molecule has 3 rings (SSSR count). The molecule has 1 aromatic heterocycles. The molecule has 0 bridgehead atoms. The van der Waals surface area contributed by atoms with Gasteiger partial charge in [0.05, 0.1) is 11.4 Å². The van der Waals surface area contributed by atoms with E-state index in [0.29, 0.717) is 16.9 Å². The summed E-state index contributed by atoms with van der Waals surface area (Å²) in [6.07, 6.45) is 0. The van der Waals surface area contributed by atoms with Gasteiger partial charge in [-0.3, -0.25) is 4.79 Å². The van der Waals surface area contributed by atoms with Gasteiger partial charge in [-0.05, 0) is 43.7 Å². The molecule has 0 aliphatic carbocycles. The minimum Gasteiger partial charge on any atom is -0.322 e. The van der Waals surface area contributed by atoms with Crippen molar-refractivity contribution in [1.29, 1.82) is 0 Å². The predicted octanol–water partition coefficient (Wildman–Crippen LogP) is 4.53. The third kappa shape index (κ3) is 3.03. The molecule has 0 saturated carbocycles. The van der Waals surface area contributed by atoms with Crippen molar-refractivity contribution in [1.82, 2.24) is 9.78 Å². The van der Waals surface area contributed by atoms with Crippen molar-refractivity contribution in [2.75, 3.05) is 5.32 Å². The third-order valence-electron chi connectivity index (χ3n) is 3.66. The van der Waals surface area contributed by atoms with E-state index in [4.69, 9.17) is 11.6 Å². The smallest absolute Gasteiger partial charge is 0.260 e. The summed E-state index contributed by atoms with van der Waals surface area (Å²) in [4.78, 5) is 12.5. The molecule has 0 atom stereocenters. The molecule has 2 aromatic carbocycles. The van der Waals surface area contributed by atoms with Crippen molar-refractivity contribution >= 4 is 23.2 Å². The largest absolute Gasteiger partial charge is 0.322 e. The summed E-state index contributed by atoms with van der Waals surface area (Å²) in [6.45, 7) is 3.36. The lowest BCUT2D eigenvalue weighted by molar-refractivity contribution is 0.102. The molecule has 1 amide bonds. The number of nitrogens with zero attached hydrogens (tertiary/aromatic N) is 2. The van der Waals surface area contributed by atoms with Gasteiger partial charge >= 0.3 is 0 Å². The monoisotopic (exact) mass is 343 g/mol. The summed E-state index contributed by atoms with van der Waals surface area (Å²) in [7, 11) is 0. The summed E-state index contributed by atoms with van der Waals surface area (Å²) >= 11 is 6.35. The van der Waals surface area contributed by atoms with E-state index in [1.807, 2.05) is 30.3 Å². The van der Waals surface area contributed by atoms with Gasteiger partial charge in [0.1, 0.15) is 16.5 Å². The number of carbonyl (C=O) groups excluding carboxylic acids is 1. The number of para-hydroxylation sites is 1. The molecule has 0 fully saturated rings. The number of anilines is 1. The molecule has 4 nitrogen and oxygen atoms in total. The number of nitrogens with one attached hydrogen (secondary N) is 1. The van der Waals surface area contributed by atoms with Crippen LogP contribution in [0.1, 0.15) is 21.6 Å². The van der Waals surface area contributed by atoms with Crippen LogP contribution in [0.4, 0.5) is 10.1 Å². The fourth-order valence-corrected chi connectivity index (χ4v) is 2.72. The van der Waals surface area contributed by atoms with Crippen LogP contribution < -0.4 is 5.32 Å². The Kier molecular flexibility index (Phi) is 4.36. The molecular weight excluding hydrogens is 329 g/mol. The highest BCUT2D eigenvalue weighted by Gasteiger charge is 2.21. The van der Waals surface area contributed by atoms with Crippen LogP contribution in [-0.2, 0) is 0 Å². The van der Waals surface area contributed by atoms with E-state index in [9.17, 15) is 9.18 Å². The lowest BCUT2D eigenvalue weighted by Crippen LogP contribution is -2.13. The maximum absolute atomic E-state index is 13.6. The van der Waals surface area contributed by atoms with Crippen molar-refractivity contribution in [3.05, 3.63) is 76.3 Å². The molecule has 122 valence electrons. The first-order valence-corrected chi connectivity index (χ1v) is 7.73. The van der Waals surface area contributed by atoms with Gasteiger partial charge in [0, 0.05) is 5.69 Å². The van der Waals surface area contributed by atoms with Crippen LogP contribution in [0.15, 0.2) is 48.5 Å². The van der Waals surface area contributed by atoms with Crippen molar-refractivity contribution in [3.63, 3.8) is 0 Å². The lowest BCUT2D eigenvalue weighted by atomic mass is 10.2. The second-order valence-electron chi connectivity index (χ2n) is 5.42. The van der Waals surface area contributed by atoms with Crippen molar-refractivity contribution in [2.45, 2.75) is 13.8 Å². The van der Waals surface area contributed by atoms with Crippen LogP contribution in [0, 0.1) is 19.7 Å². The Morgan fingerprint density at radius 2 is 1.88 bits per heavy atom. The van der Waals surface area contributed by atoms with Crippen LogP contribution in [-0.4, -0.2) is 15.7 Å². The minimum atomic E-state index is -0.428. The number of benzene rings is 2. The first kappa shape index (κ1) is 16.2. The normalized spacial score (nSPS) is 10.7. The molecule has 0 aliphatic rings. The zero-order valence-corrected chi connectivity index (χ0v) is 13.9. The average molecular weight is 344 g/mol. The number of carbonyl (C=O) groups is 1. The number of amides is 1. The maximum atomic E-state index is 13.6. The van der Waals surface area contributed by atoms with Crippen LogP contribution in [0.3, 0.4) is 0 Å². The first-order chi connectivity index (χ1) is 11.5. The molecule has 0 spiro atoms. The highest BCUT2D eigenvalue weighted by atomic mass is 35.5. The number of hydrogen-bond donors (Lipinski definition) is 1. The molecule has 1 N–H and O–H groups in total. The van der Waals surface area contributed by atoms with Crippen molar-refractivity contribution in [3.8, 4) is 5.69 Å². The number of aryl methyl sites for hydroxylation is 2. The second kappa shape index (κ2) is 6.45. The number of rotatable bonds is 3. The lowest BCUT2D eigenvalue weighted by Gasteiger charge is -2.07. The highest BCUT2D eigenvalue weighted by molar-refractivity contribution is 6.34. The topological polar surface area (TPSA) is 46.9 Å². The minimum absolute atomic E-state index is 0.212. The molecule has 0 aliphatic heterocycles.